The van der Waals surface area contributed by atoms with Gasteiger partial charge in [-0.1, -0.05) is 266 Å². The average Bonchev–Trinajstić information content (AvgIpc) is 0.855. The second-order valence-electron chi connectivity index (χ2n) is 27.3. The molecule has 0 bridgehead atoms. The second kappa shape index (κ2) is 39.8. The van der Waals surface area contributed by atoms with E-state index in [2.05, 4.69) is 337 Å². The number of aryl methyl sites for hydroxylation is 8. The molecular formula is C101H95N9. The van der Waals surface area contributed by atoms with Gasteiger partial charge in [0.15, 0.2) is 0 Å². The monoisotopic (exact) mass is 1430 g/mol. The molecule has 20 rings (SSSR count). The molecular weight excluding hydrogens is 1340 g/mol. The van der Waals surface area contributed by atoms with Crippen LogP contribution in [-0.2, 0) is 6.54 Å². The lowest BCUT2D eigenvalue weighted by atomic mass is 10.1. The zero-order chi connectivity index (χ0) is 76.8. The molecule has 0 saturated carbocycles. The Morgan fingerprint density at radius 2 is 0.855 bits per heavy atom. The first-order valence-corrected chi connectivity index (χ1v) is 37.2. The Hall–Kier alpha value is -13.4. The maximum atomic E-state index is 4.31. The summed E-state index contributed by atoms with van der Waals surface area (Å²) in [5, 5.41) is 14.0. The fourth-order valence-electron chi connectivity index (χ4n) is 12.7. The van der Waals surface area contributed by atoms with E-state index in [1.54, 1.807) is 6.20 Å². The smallest absolute Gasteiger partial charge is 0.0889 e. The van der Waals surface area contributed by atoms with E-state index in [1.807, 2.05) is 142 Å². The van der Waals surface area contributed by atoms with Gasteiger partial charge < -0.3 is 9.80 Å². The van der Waals surface area contributed by atoms with Crippen molar-refractivity contribution in [2.24, 2.45) is 0 Å². The van der Waals surface area contributed by atoms with Gasteiger partial charge >= 0.3 is 0 Å². The number of anilines is 1. The first-order valence-electron chi connectivity index (χ1n) is 37.2. The number of nitrogens with zero attached hydrogens (tertiary/aromatic N) is 9. The third-order valence-electron chi connectivity index (χ3n) is 18.6. The van der Waals surface area contributed by atoms with Crippen LogP contribution in [0.1, 0.15) is 61.5 Å². The minimum absolute atomic E-state index is 0.957. The minimum atomic E-state index is 0.957. The molecule has 0 unspecified atom stereocenters. The van der Waals surface area contributed by atoms with Gasteiger partial charge in [-0.2, -0.15) is 0 Å². The van der Waals surface area contributed by atoms with Gasteiger partial charge in [-0.3, -0.25) is 29.9 Å². The van der Waals surface area contributed by atoms with Crippen LogP contribution in [0.25, 0.3) is 99.0 Å². The summed E-state index contributed by atoms with van der Waals surface area (Å²) in [5.74, 6) is 0. The molecule has 6 aromatic heterocycles. The normalized spacial score (nSPS) is 11.2. The van der Waals surface area contributed by atoms with Gasteiger partial charge in [0.25, 0.3) is 0 Å². The Labute approximate surface area is 648 Å². The highest BCUT2D eigenvalue weighted by atomic mass is 15.1. The summed E-state index contributed by atoms with van der Waals surface area (Å²) in [6, 6.07) is 104. The van der Waals surface area contributed by atoms with Crippen LogP contribution in [0.2, 0.25) is 0 Å². The molecule has 0 aliphatic carbocycles. The molecule has 0 spiro atoms. The number of hydrogen-bond donors (Lipinski definition) is 0. The Balaban J connectivity index is 0.000000121. The molecule has 2 aliphatic heterocycles. The van der Waals surface area contributed by atoms with Gasteiger partial charge in [0.2, 0.25) is 0 Å². The molecule has 0 saturated heterocycles. The molecule has 0 fully saturated rings. The largest absolute Gasteiger partial charge is 0.376 e. The molecule has 0 atom stereocenters. The highest BCUT2D eigenvalue weighted by Crippen LogP contribution is 2.25. The molecule has 8 heterocycles. The van der Waals surface area contributed by atoms with Crippen LogP contribution in [0, 0.1) is 55.4 Å². The van der Waals surface area contributed by atoms with Crippen molar-refractivity contribution < 1.29 is 0 Å². The summed E-state index contributed by atoms with van der Waals surface area (Å²) in [4.78, 5) is 34.1. The third-order valence-corrected chi connectivity index (χ3v) is 18.6. The SMILES string of the molecule is CN1C=Cc2ccccc2C1.CN1CC=Cc2ccccc21.Cc1cc2ccccc2cn1.Cc1ccc2ccccc2c1.Cc1cccc2ccccc12.Cc1cccc2cccnc12.Cc1ccnc2ccccc12.Cc1cnc2ccccc2c1.Cc1cnc2ccccc2n1.Cc1cncc2ccccc12. The molecule has 9 nitrogen and oxygen atoms in total. The number of pyridine rings is 5. The van der Waals surface area contributed by atoms with Crippen LogP contribution in [-0.4, -0.2) is 60.4 Å². The van der Waals surface area contributed by atoms with Crippen molar-refractivity contribution in [2.75, 3.05) is 25.5 Å². The molecule has 544 valence electrons. The first kappa shape index (κ1) is 77.7. The van der Waals surface area contributed by atoms with E-state index in [4.69, 9.17) is 0 Å². The zero-order valence-electron chi connectivity index (χ0n) is 64.7. The van der Waals surface area contributed by atoms with Gasteiger partial charge in [-0.15, -0.1) is 0 Å². The molecule has 0 N–H and O–H groups in total. The van der Waals surface area contributed by atoms with Crippen molar-refractivity contribution in [3.63, 3.8) is 0 Å². The van der Waals surface area contributed by atoms with E-state index in [1.165, 1.54) is 115 Å². The van der Waals surface area contributed by atoms with E-state index in [0.29, 0.717) is 0 Å². The van der Waals surface area contributed by atoms with E-state index >= 15 is 0 Å². The van der Waals surface area contributed by atoms with Crippen LogP contribution in [0.5, 0.6) is 0 Å². The topological polar surface area (TPSA) is 96.7 Å². The molecule has 9 heteroatoms. The van der Waals surface area contributed by atoms with E-state index in [0.717, 1.165) is 52.1 Å². The Morgan fingerprint density at radius 1 is 0.300 bits per heavy atom. The predicted octanol–water partition coefficient (Wildman–Crippen LogP) is 25.2. The number of para-hydroxylation sites is 6. The fraction of sp³-hybridized carbons (Fsp3) is 0.119. The summed E-state index contributed by atoms with van der Waals surface area (Å²) in [6.07, 6.45) is 21.7. The number of aromatic nitrogens is 7. The zero-order valence-corrected chi connectivity index (χ0v) is 64.7. The van der Waals surface area contributed by atoms with Gasteiger partial charge in [-0.25, -0.2) is 4.98 Å². The lowest BCUT2D eigenvalue weighted by Gasteiger charge is -2.22. The molecule has 0 amide bonds. The summed E-state index contributed by atoms with van der Waals surface area (Å²) < 4.78 is 0. The first-order chi connectivity index (χ1) is 53.7. The lowest BCUT2D eigenvalue weighted by Crippen LogP contribution is -2.19. The number of fused-ring (bicyclic) bond motifs is 10. The number of benzene rings is 12. The van der Waals surface area contributed by atoms with Crippen molar-refractivity contribution in [2.45, 2.75) is 61.9 Å². The van der Waals surface area contributed by atoms with Gasteiger partial charge in [0, 0.05) is 109 Å². The van der Waals surface area contributed by atoms with Crippen LogP contribution in [0.15, 0.2) is 359 Å². The van der Waals surface area contributed by atoms with Crippen molar-refractivity contribution >= 4 is 105 Å². The molecule has 0 radical (unpaired) electrons. The third kappa shape index (κ3) is 22.6. The fourth-order valence-corrected chi connectivity index (χ4v) is 12.7. The number of hydrogen-bond acceptors (Lipinski definition) is 9. The summed E-state index contributed by atoms with van der Waals surface area (Å²) >= 11 is 0. The Morgan fingerprint density at radius 3 is 1.58 bits per heavy atom. The number of likely N-dealkylation sites (N-methyl/N-ethyl adjacent to an activating group) is 1. The maximum Gasteiger partial charge on any atom is 0.0889 e. The summed E-state index contributed by atoms with van der Waals surface area (Å²) in [5.41, 5.74) is 20.3. The second-order valence-corrected chi connectivity index (χ2v) is 27.3. The van der Waals surface area contributed by atoms with Crippen LogP contribution in [0.4, 0.5) is 5.69 Å². The average molecular weight is 1430 g/mol. The van der Waals surface area contributed by atoms with Crippen LogP contribution >= 0.6 is 0 Å². The van der Waals surface area contributed by atoms with Crippen molar-refractivity contribution in [3.05, 3.63) is 420 Å². The molecule has 2 aliphatic rings. The Bertz CT molecular complexity index is 5400. The number of rotatable bonds is 0. The van der Waals surface area contributed by atoms with Gasteiger partial charge in [0.05, 0.1) is 33.3 Å². The molecule has 18 aromatic rings. The van der Waals surface area contributed by atoms with E-state index in [-0.39, 0.29) is 0 Å². The minimum Gasteiger partial charge on any atom is -0.376 e. The highest BCUT2D eigenvalue weighted by molar-refractivity contribution is 5.87. The summed E-state index contributed by atoms with van der Waals surface area (Å²) in [6.45, 7) is 18.6. The molecule has 12 aromatic carbocycles. The molecule has 110 heavy (non-hydrogen) atoms. The summed E-state index contributed by atoms with van der Waals surface area (Å²) in [7, 11) is 4.20. The van der Waals surface area contributed by atoms with Crippen molar-refractivity contribution in [1.82, 2.24) is 39.8 Å². The van der Waals surface area contributed by atoms with Gasteiger partial charge in [0.1, 0.15) is 0 Å². The maximum absolute atomic E-state index is 4.31. The quantitative estimate of drug-likeness (QED) is 0.147. The lowest BCUT2D eigenvalue weighted by molar-refractivity contribution is 0.448. The van der Waals surface area contributed by atoms with Gasteiger partial charge in [-0.05, 0) is 199 Å². The van der Waals surface area contributed by atoms with E-state index in [9.17, 15) is 0 Å². The van der Waals surface area contributed by atoms with Crippen molar-refractivity contribution in [3.8, 4) is 0 Å². The highest BCUT2D eigenvalue weighted by Gasteiger charge is 2.08. The predicted molar refractivity (Wildman–Crippen MR) is 470 cm³/mol. The van der Waals surface area contributed by atoms with E-state index < -0.39 is 0 Å². The van der Waals surface area contributed by atoms with Crippen molar-refractivity contribution in [1.29, 1.82) is 0 Å². The van der Waals surface area contributed by atoms with Crippen LogP contribution in [0.3, 0.4) is 0 Å². The standard InChI is InChI=1S/2C11H10.C10H9N.C10H11N.3C10H9N.C10H11N.C10H9N.C9H8N2/c1-9-5-4-7-10-6-2-3-8-11(9)10;1-9-6-7-10-4-2-3-5-11(10)8-9;1-8-4-2-5-9-6-3-7-11-10(8)9;1-11-8-4-6-9-5-2-3-7-10(9)11;1-8-6-11-7-9-4-2-3-5-10(8)9;1-8-6-9-4-2-3-5-10(9)7-11-8;1-8-6-9-4-2-3-5-10(9)11-7-8;1-11-7-6-9-4-2-3-5-10(9)8-11;1-8-6-7-11-10-5-3-2-4-9(8)10;1-7-6-10-8-4-2-3-5-9(8)11-7/h2*2-8H,1H3;2-7H,1H3;2-7H,8H2,1H3;3*2-7H,1H3;2-7H,8H2,1H3;2-7H,1H3;2-6H,1H3. The van der Waals surface area contributed by atoms with Crippen LogP contribution < -0.4 is 4.90 Å². The Kier molecular flexibility index (Phi) is 28.1.